The third-order valence-electron chi connectivity index (χ3n) is 2.75. The molecule has 0 radical (unpaired) electrons. The molecule has 0 spiro atoms. The summed E-state index contributed by atoms with van der Waals surface area (Å²) in [5.74, 6) is -2.12. The van der Waals surface area contributed by atoms with E-state index >= 15 is 0 Å². The SMILES string of the molecule is Cc1cc(NC(=O)c2c(F)cc(C(F)(F)F)cc2Br)ccn1. The number of nitrogens with one attached hydrogen (secondary N) is 1. The van der Waals surface area contributed by atoms with E-state index < -0.39 is 29.0 Å². The summed E-state index contributed by atoms with van der Waals surface area (Å²) in [7, 11) is 0. The number of benzene rings is 1. The summed E-state index contributed by atoms with van der Waals surface area (Å²) in [5, 5.41) is 2.41. The van der Waals surface area contributed by atoms with Crippen LogP contribution in [0.15, 0.2) is 34.9 Å². The number of nitrogens with zero attached hydrogens (tertiary/aromatic N) is 1. The first-order valence-electron chi connectivity index (χ1n) is 5.98. The van der Waals surface area contributed by atoms with Crippen LogP contribution in [0.25, 0.3) is 0 Å². The first kappa shape index (κ1) is 16.4. The maximum Gasteiger partial charge on any atom is 0.416 e. The average molecular weight is 377 g/mol. The summed E-state index contributed by atoms with van der Waals surface area (Å²) in [5.41, 5.74) is -0.677. The largest absolute Gasteiger partial charge is 0.416 e. The molecule has 0 bridgehead atoms. The highest BCUT2D eigenvalue weighted by atomic mass is 79.9. The lowest BCUT2D eigenvalue weighted by molar-refractivity contribution is -0.137. The topological polar surface area (TPSA) is 42.0 Å². The Labute approximate surface area is 131 Å². The van der Waals surface area contributed by atoms with Gasteiger partial charge >= 0.3 is 6.18 Å². The molecule has 0 saturated heterocycles. The molecule has 0 aliphatic heterocycles. The predicted octanol–water partition coefficient (Wildman–Crippen LogP) is 4.56. The molecule has 1 amide bonds. The van der Waals surface area contributed by atoms with Crippen LogP contribution in [-0.4, -0.2) is 10.9 Å². The third-order valence-corrected chi connectivity index (χ3v) is 3.38. The third kappa shape index (κ3) is 3.62. The van der Waals surface area contributed by atoms with E-state index in [9.17, 15) is 22.4 Å². The number of alkyl halides is 3. The van der Waals surface area contributed by atoms with Crippen molar-refractivity contribution in [2.24, 2.45) is 0 Å². The molecule has 0 unspecified atom stereocenters. The fraction of sp³-hybridized carbons (Fsp3) is 0.143. The Kier molecular flexibility index (Phi) is 4.50. The lowest BCUT2D eigenvalue weighted by Crippen LogP contribution is -2.16. The second kappa shape index (κ2) is 6.04. The number of rotatable bonds is 2. The number of anilines is 1. The Hall–Kier alpha value is -1.96. The number of hydrogen-bond acceptors (Lipinski definition) is 2. The number of aryl methyl sites for hydroxylation is 1. The minimum Gasteiger partial charge on any atom is -0.322 e. The van der Waals surface area contributed by atoms with Gasteiger partial charge in [-0.3, -0.25) is 9.78 Å². The molecule has 2 aromatic rings. The monoisotopic (exact) mass is 376 g/mol. The minimum atomic E-state index is -4.69. The van der Waals surface area contributed by atoms with Gasteiger partial charge in [0.1, 0.15) is 5.82 Å². The van der Waals surface area contributed by atoms with Crippen molar-refractivity contribution in [3.63, 3.8) is 0 Å². The van der Waals surface area contributed by atoms with Crippen molar-refractivity contribution in [2.75, 3.05) is 5.32 Å². The second-order valence-corrected chi connectivity index (χ2v) is 5.31. The van der Waals surface area contributed by atoms with Gasteiger partial charge in [0, 0.05) is 22.1 Å². The van der Waals surface area contributed by atoms with Crippen LogP contribution in [0, 0.1) is 12.7 Å². The van der Waals surface area contributed by atoms with Gasteiger partial charge in [-0.2, -0.15) is 13.2 Å². The zero-order chi connectivity index (χ0) is 16.5. The zero-order valence-electron chi connectivity index (χ0n) is 11.1. The molecule has 0 atom stereocenters. The van der Waals surface area contributed by atoms with Crippen molar-refractivity contribution in [1.29, 1.82) is 0 Å². The number of pyridine rings is 1. The Morgan fingerprint density at radius 1 is 1.27 bits per heavy atom. The average Bonchev–Trinajstić information content (AvgIpc) is 2.36. The van der Waals surface area contributed by atoms with Crippen molar-refractivity contribution < 1.29 is 22.4 Å². The summed E-state index contributed by atoms with van der Waals surface area (Å²) in [6.45, 7) is 1.70. The molecule has 2 rings (SSSR count). The van der Waals surface area contributed by atoms with E-state index in [0.717, 1.165) is 0 Å². The summed E-state index contributed by atoms with van der Waals surface area (Å²) in [6, 6.07) is 3.99. The number of halogens is 5. The molecule has 1 heterocycles. The van der Waals surface area contributed by atoms with Crippen LogP contribution in [0.3, 0.4) is 0 Å². The van der Waals surface area contributed by atoms with Crippen LogP contribution >= 0.6 is 15.9 Å². The summed E-state index contributed by atoms with van der Waals surface area (Å²) in [6.07, 6.45) is -3.25. The summed E-state index contributed by atoms with van der Waals surface area (Å²) in [4.78, 5) is 16.0. The standard InChI is InChI=1S/C14H9BrF4N2O/c1-7-4-9(2-3-20-7)21-13(22)12-10(15)5-8(6-11(12)16)14(17,18)19/h2-6H,1H3,(H,20,21,22). The van der Waals surface area contributed by atoms with Crippen molar-refractivity contribution in [3.05, 3.63) is 57.6 Å². The fourth-order valence-corrected chi connectivity index (χ4v) is 2.39. The molecule has 0 saturated carbocycles. The van der Waals surface area contributed by atoms with Crippen LogP contribution in [-0.2, 0) is 6.18 Å². The summed E-state index contributed by atoms with van der Waals surface area (Å²) >= 11 is 2.81. The van der Waals surface area contributed by atoms with Crippen molar-refractivity contribution >= 4 is 27.5 Å². The highest BCUT2D eigenvalue weighted by Gasteiger charge is 2.33. The van der Waals surface area contributed by atoms with Gasteiger partial charge in [0.25, 0.3) is 5.91 Å². The lowest BCUT2D eigenvalue weighted by atomic mass is 10.1. The quantitative estimate of drug-likeness (QED) is 0.780. The Morgan fingerprint density at radius 3 is 2.50 bits per heavy atom. The predicted molar refractivity (Wildman–Crippen MR) is 76.0 cm³/mol. The van der Waals surface area contributed by atoms with Crippen LogP contribution in [0.1, 0.15) is 21.6 Å². The van der Waals surface area contributed by atoms with Gasteiger partial charge < -0.3 is 5.32 Å². The maximum absolute atomic E-state index is 13.9. The van der Waals surface area contributed by atoms with Crippen LogP contribution in [0.2, 0.25) is 0 Å². The maximum atomic E-state index is 13.9. The van der Waals surface area contributed by atoms with E-state index in [1.54, 1.807) is 13.0 Å². The Morgan fingerprint density at radius 2 is 1.95 bits per heavy atom. The summed E-state index contributed by atoms with van der Waals surface area (Å²) < 4.78 is 51.3. The van der Waals surface area contributed by atoms with Crippen molar-refractivity contribution in [2.45, 2.75) is 13.1 Å². The molecular weight excluding hydrogens is 368 g/mol. The van der Waals surface area contributed by atoms with E-state index in [1.807, 2.05) is 0 Å². The van der Waals surface area contributed by atoms with Crippen LogP contribution in [0.4, 0.5) is 23.2 Å². The fourth-order valence-electron chi connectivity index (χ4n) is 1.77. The van der Waals surface area contributed by atoms with E-state index in [0.29, 0.717) is 17.4 Å². The van der Waals surface area contributed by atoms with E-state index in [4.69, 9.17) is 0 Å². The zero-order valence-corrected chi connectivity index (χ0v) is 12.7. The number of aromatic nitrogens is 1. The number of carbonyl (C=O) groups excluding carboxylic acids is 1. The molecule has 22 heavy (non-hydrogen) atoms. The van der Waals surface area contributed by atoms with Gasteiger partial charge in [-0.25, -0.2) is 4.39 Å². The van der Waals surface area contributed by atoms with Gasteiger partial charge in [0.15, 0.2) is 0 Å². The van der Waals surface area contributed by atoms with Crippen LogP contribution < -0.4 is 5.32 Å². The van der Waals surface area contributed by atoms with Gasteiger partial charge in [-0.15, -0.1) is 0 Å². The molecule has 8 heteroatoms. The molecule has 1 aromatic heterocycles. The molecule has 1 N–H and O–H groups in total. The van der Waals surface area contributed by atoms with E-state index in [2.05, 4.69) is 26.2 Å². The molecule has 0 fully saturated rings. The highest BCUT2D eigenvalue weighted by Crippen LogP contribution is 2.33. The van der Waals surface area contributed by atoms with Gasteiger partial charge in [0.2, 0.25) is 0 Å². The van der Waals surface area contributed by atoms with Crippen molar-refractivity contribution in [1.82, 2.24) is 4.98 Å². The first-order chi connectivity index (χ1) is 10.2. The Bertz CT molecular complexity index is 708. The van der Waals surface area contributed by atoms with E-state index in [-0.39, 0.29) is 10.5 Å². The minimum absolute atomic E-state index is 0.275. The molecule has 0 aliphatic carbocycles. The number of carbonyl (C=O) groups is 1. The smallest absolute Gasteiger partial charge is 0.322 e. The number of hydrogen-bond donors (Lipinski definition) is 1. The molecule has 1 aromatic carbocycles. The van der Waals surface area contributed by atoms with Gasteiger partial charge in [-0.05, 0) is 47.1 Å². The number of amides is 1. The highest BCUT2D eigenvalue weighted by molar-refractivity contribution is 9.10. The van der Waals surface area contributed by atoms with Gasteiger partial charge in [-0.1, -0.05) is 0 Å². The first-order valence-corrected chi connectivity index (χ1v) is 6.78. The van der Waals surface area contributed by atoms with Crippen molar-refractivity contribution in [3.8, 4) is 0 Å². The molecular formula is C14H9BrF4N2O. The normalized spacial score (nSPS) is 11.4. The molecule has 116 valence electrons. The lowest BCUT2D eigenvalue weighted by Gasteiger charge is -2.12. The van der Waals surface area contributed by atoms with Crippen LogP contribution in [0.5, 0.6) is 0 Å². The molecule has 3 nitrogen and oxygen atoms in total. The Balaban J connectivity index is 2.34. The van der Waals surface area contributed by atoms with Gasteiger partial charge in [0.05, 0.1) is 11.1 Å². The molecule has 0 aliphatic rings. The van der Waals surface area contributed by atoms with E-state index in [1.165, 1.54) is 12.3 Å². The second-order valence-electron chi connectivity index (χ2n) is 4.45.